The van der Waals surface area contributed by atoms with Crippen LogP contribution in [0.2, 0.25) is 5.02 Å². The number of nitrogens with zero attached hydrogens (tertiary/aromatic N) is 1. The van der Waals surface area contributed by atoms with E-state index >= 15 is 0 Å². The number of aromatic nitrogens is 1. The molecule has 4 nitrogen and oxygen atoms in total. The fourth-order valence-corrected chi connectivity index (χ4v) is 3.21. The van der Waals surface area contributed by atoms with Crippen molar-refractivity contribution in [2.45, 2.75) is 13.8 Å². The molecule has 0 saturated carbocycles. The molecule has 1 heterocycles. The SMILES string of the molecule is Cc1ccc(OCC(=O)Nc2nc(-c3ccc(Cl)cc3)cs2)c(C)c1. The summed E-state index contributed by atoms with van der Waals surface area (Å²) < 4.78 is 5.58. The van der Waals surface area contributed by atoms with Gasteiger partial charge in [-0.05, 0) is 37.6 Å². The molecule has 0 aliphatic rings. The molecule has 3 aromatic rings. The molecule has 128 valence electrons. The zero-order chi connectivity index (χ0) is 17.8. The first-order valence-electron chi connectivity index (χ1n) is 7.72. The van der Waals surface area contributed by atoms with E-state index in [1.54, 1.807) is 0 Å². The number of carbonyl (C=O) groups is 1. The molecule has 0 aliphatic heterocycles. The van der Waals surface area contributed by atoms with Gasteiger partial charge in [-0.25, -0.2) is 4.98 Å². The Morgan fingerprint density at radius 3 is 2.68 bits per heavy atom. The van der Waals surface area contributed by atoms with Gasteiger partial charge in [0.25, 0.3) is 5.91 Å². The summed E-state index contributed by atoms with van der Waals surface area (Å²) in [5.41, 5.74) is 3.92. The summed E-state index contributed by atoms with van der Waals surface area (Å²) >= 11 is 7.26. The Balaban J connectivity index is 1.59. The lowest BCUT2D eigenvalue weighted by molar-refractivity contribution is -0.118. The largest absolute Gasteiger partial charge is 0.483 e. The number of thiazole rings is 1. The van der Waals surface area contributed by atoms with Gasteiger partial charge in [-0.15, -0.1) is 11.3 Å². The zero-order valence-electron chi connectivity index (χ0n) is 13.9. The van der Waals surface area contributed by atoms with Crippen LogP contribution in [0.3, 0.4) is 0 Å². The summed E-state index contributed by atoms with van der Waals surface area (Å²) in [5.74, 6) is 0.471. The number of halogens is 1. The van der Waals surface area contributed by atoms with Gasteiger partial charge in [-0.1, -0.05) is 41.4 Å². The van der Waals surface area contributed by atoms with Gasteiger partial charge in [0, 0.05) is 16.0 Å². The van der Waals surface area contributed by atoms with Crippen molar-refractivity contribution in [1.29, 1.82) is 0 Å². The lowest BCUT2D eigenvalue weighted by Gasteiger charge is -2.09. The van der Waals surface area contributed by atoms with Gasteiger partial charge in [-0.2, -0.15) is 0 Å². The Morgan fingerprint density at radius 1 is 1.20 bits per heavy atom. The number of rotatable bonds is 5. The predicted molar refractivity (Wildman–Crippen MR) is 103 cm³/mol. The van der Waals surface area contributed by atoms with E-state index in [1.807, 2.05) is 61.7 Å². The molecule has 1 N–H and O–H groups in total. The summed E-state index contributed by atoms with van der Waals surface area (Å²) in [6, 6.07) is 13.3. The zero-order valence-corrected chi connectivity index (χ0v) is 15.4. The third-order valence-electron chi connectivity index (χ3n) is 3.58. The highest BCUT2D eigenvalue weighted by molar-refractivity contribution is 7.14. The molecule has 0 aliphatic carbocycles. The van der Waals surface area contributed by atoms with Gasteiger partial charge in [0.1, 0.15) is 5.75 Å². The van der Waals surface area contributed by atoms with Gasteiger partial charge < -0.3 is 4.74 Å². The highest BCUT2D eigenvalue weighted by Crippen LogP contribution is 2.26. The fraction of sp³-hybridized carbons (Fsp3) is 0.158. The van der Waals surface area contributed by atoms with Crippen LogP contribution in [0.25, 0.3) is 11.3 Å². The third kappa shape index (κ3) is 4.59. The molecular weight excluding hydrogens is 356 g/mol. The number of benzene rings is 2. The van der Waals surface area contributed by atoms with Crippen molar-refractivity contribution in [3.8, 4) is 17.0 Å². The van der Waals surface area contributed by atoms with Gasteiger partial charge >= 0.3 is 0 Å². The first-order chi connectivity index (χ1) is 12.0. The molecule has 25 heavy (non-hydrogen) atoms. The van der Waals surface area contributed by atoms with Gasteiger partial charge in [-0.3, -0.25) is 10.1 Å². The molecule has 0 bridgehead atoms. The van der Waals surface area contributed by atoms with Crippen molar-refractivity contribution >= 4 is 34.0 Å². The van der Waals surface area contributed by atoms with E-state index in [4.69, 9.17) is 16.3 Å². The second-order valence-electron chi connectivity index (χ2n) is 5.65. The maximum atomic E-state index is 12.1. The Kier molecular flexibility index (Phi) is 5.36. The van der Waals surface area contributed by atoms with Crippen molar-refractivity contribution in [2.24, 2.45) is 0 Å². The number of nitrogens with one attached hydrogen (secondary N) is 1. The van der Waals surface area contributed by atoms with Crippen LogP contribution in [0.5, 0.6) is 5.75 Å². The Labute approximate surface area is 155 Å². The monoisotopic (exact) mass is 372 g/mol. The number of aryl methyl sites for hydroxylation is 2. The van der Waals surface area contributed by atoms with E-state index in [2.05, 4.69) is 10.3 Å². The molecule has 3 rings (SSSR count). The van der Waals surface area contributed by atoms with Gasteiger partial charge in [0.05, 0.1) is 5.69 Å². The first-order valence-corrected chi connectivity index (χ1v) is 8.98. The molecule has 0 radical (unpaired) electrons. The number of amides is 1. The van der Waals surface area contributed by atoms with E-state index < -0.39 is 0 Å². The summed E-state index contributed by atoms with van der Waals surface area (Å²) in [5, 5.41) is 5.87. The Morgan fingerprint density at radius 2 is 1.96 bits per heavy atom. The van der Waals surface area contributed by atoms with E-state index in [-0.39, 0.29) is 12.5 Å². The Bertz CT molecular complexity index is 891. The molecule has 0 spiro atoms. The quantitative estimate of drug-likeness (QED) is 0.678. The second-order valence-corrected chi connectivity index (χ2v) is 6.95. The minimum Gasteiger partial charge on any atom is -0.483 e. The van der Waals surface area contributed by atoms with Crippen LogP contribution in [-0.2, 0) is 4.79 Å². The van der Waals surface area contributed by atoms with Crippen molar-refractivity contribution in [2.75, 3.05) is 11.9 Å². The summed E-state index contributed by atoms with van der Waals surface area (Å²) in [7, 11) is 0. The first kappa shape index (κ1) is 17.5. The minimum atomic E-state index is -0.239. The summed E-state index contributed by atoms with van der Waals surface area (Å²) in [6.45, 7) is 3.92. The molecule has 0 saturated heterocycles. The van der Waals surface area contributed by atoms with Crippen LogP contribution in [0.15, 0.2) is 47.8 Å². The predicted octanol–water partition coefficient (Wildman–Crippen LogP) is 5.10. The van der Waals surface area contributed by atoms with Crippen molar-refractivity contribution in [1.82, 2.24) is 4.98 Å². The topological polar surface area (TPSA) is 51.2 Å². The summed E-state index contributed by atoms with van der Waals surface area (Å²) in [4.78, 5) is 16.5. The molecule has 6 heteroatoms. The van der Waals surface area contributed by atoms with Crippen molar-refractivity contribution < 1.29 is 9.53 Å². The molecule has 0 unspecified atom stereocenters. The average molecular weight is 373 g/mol. The number of hydrogen-bond donors (Lipinski definition) is 1. The molecule has 0 atom stereocenters. The highest BCUT2D eigenvalue weighted by Gasteiger charge is 2.09. The minimum absolute atomic E-state index is 0.0558. The number of carbonyl (C=O) groups excluding carboxylic acids is 1. The van der Waals surface area contributed by atoms with E-state index in [9.17, 15) is 4.79 Å². The standard InChI is InChI=1S/C19H17ClN2O2S/c1-12-3-8-17(13(2)9-12)24-10-18(23)22-19-21-16(11-25-19)14-4-6-15(20)7-5-14/h3-9,11H,10H2,1-2H3,(H,21,22,23). The van der Waals surface area contributed by atoms with E-state index in [1.165, 1.54) is 11.3 Å². The molecule has 2 aromatic carbocycles. The molecule has 1 amide bonds. The number of ether oxygens (including phenoxy) is 1. The van der Waals surface area contributed by atoms with Crippen LogP contribution >= 0.6 is 22.9 Å². The average Bonchev–Trinajstić information content (AvgIpc) is 3.03. The van der Waals surface area contributed by atoms with Crippen molar-refractivity contribution in [3.63, 3.8) is 0 Å². The van der Waals surface area contributed by atoms with Crippen LogP contribution in [0.4, 0.5) is 5.13 Å². The molecule has 0 fully saturated rings. The number of hydrogen-bond acceptors (Lipinski definition) is 4. The fourth-order valence-electron chi connectivity index (χ4n) is 2.34. The second kappa shape index (κ2) is 7.68. The Hall–Kier alpha value is -2.37. The van der Waals surface area contributed by atoms with Gasteiger partial charge in [0.2, 0.25) is 0 Å². The molecular formula is C19H17ClN2O2S. The smallest absolute Gasteiger partial charge is 0.264 e. The van der Waals surface area contributed by atoms with Crippen LogP contribution in [0, 0.1) is 13.8 Å². The maximum absolute atomic E-state index is 12.1. The third-order valence-corrected chi connectivity index (χ3v) is 4.59. The van der Waals surface area contributed by atoms with Crippen LogP contribution in [-0.4, -0.2) is 17.5 Å². The lowest BCUT2D eigenvalue weighted by atomic mass is 10.1. The lowest BCUT2D eigenvalue weighted by Crippen LogP contribution is -2.20. The van der Waals surface area contributed by atoms with E-state index in [0.29, 0.717) is 15.9 Å². The van der Waals surface area contributed by atoms with Gasteiger partial charge in [0.15, 0.2) is 11.7 Å². The highest BCUT2D eigenvalue weighted by atomic mass is 35.5. The molecule has 1 aromatic heterocycles. The van der Waals surface area contributed by atoms with E-state index in [0.717, 1.165) is 22.4 Å². The summed E-state index contributed by atoms with van der Waals surface area (Å²) in [6.07, 6.45) is 0. The van der Waals surface area contributed by atoms with Crippen LogP contribution in [0.1, 0.15) is 11.1 Å². The van der Waals surface area contributed by atoms with Crippen LogP contribution < -0.4 is 10.1 Å². The number of anilines is 1. The maximum Gasteiger partial charge on any atom is 0.264 e. The normalized spacial score (nSPS) is 10.5. The van der Waals surface area contributed by atoms with Crippen molar-refractivity contribution in [3.05, 3.63) is 64.0 Å².